The van der Waals surface area contributed by atoms with Crippen molar-refractivity contribution in [1.82, 2.24) is 0 Å². The van der Waals surface area contributed by atoms with Crippen molar-refractivity contribution in [3.05, 3.63) is 11.5 Å². The van der Waals surface area contributed by atoms with Gasteiger partial charge in [0.05, 0.1) is 7.11 Å². The van der Waals surface area contributed by atoms with Gasteiger partial charge >= 0.3 is 5.97 Å². The second kappa shape index (κ2) is 8.33. The van der Waals surface area contributed by atoms with E-state index in [0.29, 0.717) is 6.42 Å². The highest BCUT2D eigenvalue weighted by molar-refractivity contribution is 8.02. The molecule has 0 fully saturated rings. The number of hydrogen-bond donors (Lipinski definition) is 0. The summed E-state index contributed by atoms with van der Waals surface area (Å²) in [7, 11) is 1.38. The van der Waals surface area contributed by atoms with Crippen LogP contribution in [0.15, 0.2) is 11.5 Å². The lowest BCUT2D eigenvalue weighted by Crippen LogP contribution is -1.99. The normalized spacial score (nSPS) is 10.1. The molecule has 0 radical (unpaired) electrons. The van der Waals surface area contributed by atoms with Crippen molar-refractivity contribution in [1.29, 1.82) is 0 Å². The smallest absolute Gasteiger partial charge is 0.305 e. The van der Waals surface area contributed by atoms with Crippen LogP contribution >= 0.6 is 11.8 Å². The Morgan fingerprint density at radius 1 is 1.58 bits per heavy atom. The first kappa shape index (κ1) is 11.2. The van der Waals surface area contributed by atoms with Crippen molar-refractivity contribution in [2.24, 2.45) is 0 Å². The van der Waals surface area contributed by atoms with Gasteiger partial charge in [0.15, 0.2) is 0 Å². The number of aldehydes is 1. The number of hydrogen-bond acceptors (Lipinski definition) is 4. The van der Waals surface area contributed by atoms with Crippen molar-refractivity contribution in [3.63, 3.8) is 0 Å². The molecule has 12 heavy (non-hydrogen) atoms. The van der Waals surface area contributed by atoms with Gasteiger partial charge in [0.2, 0.25) is 0 Å². The van der Waals surface area contributed by atoms with Crippen LogP contribution in [0.3, 0.4) is 0 Å². The van der Waals surface area contributed by atoms with Crippen molar-refractivity contribution >= 4 is 24.0 Å². The molecule has 0 unspecified atom stereocenters. The van der Waals surface area contributed by atoms with Crippen LogP contribution in [0.25, 0.3) is 0 Å². The molecule has 0 aliphatic rings. The minimum atomic E-state index is -0.185. The minimum Gasteiger partial charge on any atom is -0.469 e. The highest BCUT2D eigenvalue weighted by atomic mass is 32.2. The van der Waals surface area contributed by atoms with Crippen LogP contribution in [0, 0.1) is 0 Å². The summed E-state index contributed by atoms with van der Waals surface area (Å²) in [6.45, 7) is 0. The molecular weight excluding hydrogens is 176 g/mol. The SMILES string of the molecule is COC(=O)CCCS/C=C/C=O. The van der Waals surface area contributed by atoms with Crippen LogP contribution in [0.5, 0.6) is 0 Å². The van der Waals surface area contributed by atoms with Crippen molar-refractivity contribution in [2.45, 2.75) is 12.8 Å². The zero-order valence-corrected chi connectivity index (χ0v) is 7.80. The maximum absolute atomic E-state index is 10.6. The van der Waals surface area contributed by atoms with Gasteiger partial charge in [-0.05, 0) is 23.7 Å². The average Bonchev–Trinajstić information content (AvgIpc) is 2.10. The van der Waals surface area contributed by atoms with E-state index in [1.165, 1.54) is 24.9 Å². The van der Waals surface area contributed by atoms with Gasteiger partial charge < -0.3 is 4.74 Å². The first-order valence-corrected chi connectivity index (χ1v) is 4.65. The Hall–Kier alpha value is -0.770. The van der Waals surface area contributed by atoms with E-state index in [4.69, 9.17) is 0 Å². The molecule has 0 aliphatic heterocycles. The van der Waals surface area contributed by atoms with Gasteiger partial charge in [-0.25, -0.2) is 0 Å². The van der Waals surface area contributed by atoms with Gasteiger partial charge in [0, 0.05) is 6.42 Å². The van der Waals surface area contributed by atoms with Gasteiger partial charge in [-0.3, -0.25) is 9.59 Å². The summed E-state index contributed by atoms with van der Waals surface area (Å²) in [5.41, 5.74) is 0. The second-order valence-corrected chi connectivity index (χ2v) is 3.03. The molecule has 0 spiro atoms. The molecule has 0 aliphatic carbocycles. The molecule has 68 valence electrons. The molecule has 0 rings (SSSR count). The number of allylic oxidation sites excluding steroid dienone is 1. The molecule has 0 N–H and O–H groups in total. The van der Waals surface area contributed by atoms with E-state index in [1.807, 2.05) is 0 Å². The Balaban J connectivity index is 3.15. The average molecular weight is 188 g/mol. The fraction of sp³-hybridized carbons (Fsp3) is 0.500. The highest BCUT2D eigenvalue weighted by Gasteiger charge is 1.97. The summed E-state index contributed by atoms with van der Waals surface area (Å²) < 4.78 is 4.46. The third kappa shape index (κ3) is 7.34. The number of thioether (sulfide) groups is 1. The van der Waals surface area contributed by atoms with Gasteiger partial charge in [-0.1, -0.05) is 0 Å². The van der Waals surface area contributed by atoms with E-state index in [9.17, 15) is 9.59 Å². The lowest BCUT2D eigenvalue weighted by Gasteiger charge is -1.96. The molecule has 0 bridgehead atoms. The van der Waals surface area contributed by atoms with Crippen molar-refractivity contribution in [2.75, 3.05) is 12.9 Å². The maximum atomic E-state index is 10.6. The fourth-order valence-corrected chi connectivity index (χ4v) is 1.18. The molecule has 4 heteroatoms. The van der Waals surface area contributed by atoms with E-state index >= 15 is 0 Å². The Morgan fingerprint density at radius 2 is 2.33 bits per heavy atom. The van der Waals surface area contributed by atoms with E-state index in [1.54, 1.807) is 5.41 Å². The second-order valence-electron chi connectivity index (χ2n) is 2.02. The largest absolute Gasteiger partial charge is 0.469 e. The maximum Gasteiger partial charge on any atom is 0.305 e. The summed E-state index contributed by atoms with van der Waals surface area (Å²) in [5, 5.41) is 1.71. The number of ether oxygens (including phenoxy) is 1. The summed E-state index contributed by atoms with van der Waals surface area (Å²) >= 11 is 1.51. The standard InChI is InChI=1S/C8H12O3S/c1-11-8(10)4-2-6-12-7-3-5-9/h3,5,7H,2,4,6H2,1H3/b7-3+. The van der Waals surface area contributed by atoms with Crippen LogP contribution in [0.1, 0.15) is 12.8 Å². The predicted octanol–water partition coefficient (Wildman–Crippen LogP) is 1.39. The van der Waals surface area contributed by atoms with Crippen LogP contribution < -0.4 is 0 Å². The number of methoxy groups -OCH3 is 1. The first-order valence-electron chi connectivity index (χ1n) is 3.60. The van der Waals surface area contributed by atoms with Crippen LogP contribution in [0.4, 0.5) is 0 Å². The summed E-state index contributed by atoms with van der Waals surface area (Å²) in [6.07, 6.45) is 3.38. The number of rotatable bonds is 6. The van der Waals surface area contributed by atoms with Crippen molar-refractivity contribution in [3.8, 4) is 0 Å². The molecule has 0 aromatic heterocycles. The van der Waals surface area contributed by atoms with Crippen LogP contribution in [0.2, 0.25) is 0 Å². The third-order valence-electron chi connectivity index (χ3n) is 1.12. The molecule has 0 amide bonds. The van der Waals surface area contributed by atoms with Gasteiger partial charge in [0.25, 0.3) is 0 Å². The Bertz CT molecular complexity index is 166. The topological polar surface area (TPSA) is 43.4 Å². The van der Waals surface area contributed by atoms with E-state index in [-0.39, 0.29) is 5.97 Å². The van der Waals surface area contributed by atoms with E-state index < -0.39 is 0 Å². The highest BCUT2D eigenvalue weighted by Crippen LogP contribution is 2.05. The first-order chi connectivity index (χ1) is 5.81. The monoisotopic (exact) mass is 188 g/mol. The van der Waals surface area contributed by atoms with E-state index in [2.05, 4.69) is 4.74 Å². The summed E-state index contributed by atoms with van der Waals surface area (Å²) in [5.74, 6) is 0.648. The molecule has 3 nitrogen and oxygen atoms in total. The molecule has 0 saturated carbocycles. The number of esters is 1. The summed E-state index contributed by atoms with van der Waals surface area (Å²) in [6, 6.07) is 0. The Labute approximate surface area is 76.2 Å². The van der Waals surface area contributed by atoms with Crippen LogP contribution in [-0.2, 0) is 14.3 Å². The number of carbonyl (C=O) groups excluding carboxylic acids is 2. The molecule has 0 atom stereocenters. The zero-order valence-electron chi connectivity index (χ0n) is 6.99. The van der Waals surface area contributed by atoms with Crippen molar-refractivity contribution < 1.29 is 14.3 Å². The quantitative estimate of drug-likeness (QED) is 0.273. The molecular formula is C8H12O3S. The van der Waals surface area contributed by atoms with Gasteiger partial charge in [0.1, 0.15) is 6.29 Å². The predicted molar refractivity (Wildman–Crippen MR) is 48.9 cm³/mol. The minimum absolute atomic E-state index is 0.185. The molecule has 0 heterocycles. The molecule has 0 aromatic rings. The number of carbonyl (C=O) groups is 2. The Morgan fingerprint density at radius 3 is 2.92 bits per heavy atom. The van der Waals surface area contributed by atoms with Gasteiger partial charge in [-0.15, -0.1) is 11.8 Å². The van der Waals surface area contributed by atoms with Gasteiger partial charge in [-0.2, -0.15) is 0 Å². The third-order valence-corrected chi connectivity index (χ3v) is 2.00. The lowest BCUT2D eigenvalue weighted by atomic mass is 10.3. The van der Waals surface area contributed by atoms with E-state index in [0.717, 1.165) is 18.5 Å². The van der Waals surface area contributed by atoms with Crippen LogP contribution in [-0.4, -0.2) is 25.1 Å². The summed E-state index contributed by atoms with van der Waals surface area (Å²) in [4.78, 5) is 20.4. The fourth-order valence-electron chi connectivity index (χ4n) is 0.558. The molecule has 0 aromatic carbocycles. The molecule has 0 saturated heterocycles. The lowest BCUT2D eigenvalue weighted by molar-refractivity contribution is -0.140. The zero-order chi connectivity index (χ0) is 9.23. The Kier molecular flexibility index (Phi) is 7.79.